The molecule has 1 aromatic heterocycles. The summed E-state index contributed by atoms with van der Waals surface area (Å²) < 4.78 is 6.05. The first-order chi connectivity index (χ1) is 10.2. The summed E-state index contributed by atoms with van der Waals surface area (Å²) in [4.78, 5) is 4.32. The van der Waals surface area contributed by atoms with Crippen LogP contribution in [0.3, 0.4) is 0 Å². The number of ether oxygens (including phenoxy) is 1. The van der Waals surface area contributed by atoms with Gasteiger partial charge in [0.25, 0.3) is 0 Å². The van der Waals surface area contributed by atoms with E-state index in [-0.39, 0.29) is 10.8 Å². The molecule has 0 atom stereocenters. The SMILES string of the molecule is CC(C)(C)c1ccc(OCc2ccccn2)c(C(C)(C)C)c1. The fourth-order valence-corrected chi connectivity index (χ4v) is 2.34. The molecule has 22 heavy (non-hydrogen) atoms. The Hall–Kier alpha value is -1.83. The van der Waals surface area contributed by atoms with Crippen LogP contribution in [-0.4, -0.2) is 4.98 Å². The molecule has 0 aliphatic heterocycles. The second-order valence-electron chi connectivity index (χ2n) is 7.82. The largest absolute Gasteiger partial charge is 0.487 e. The predicted molar refractivity (Wildman–Crippen MR) is 92.4 cm³/mol. The Bertz CT molecular complexity index is 618. The number of hydrogen-bond acceptors (Lipinski definition) is 2. The van der Waals surface area contributed by atoms with Crippen molar-refractivity contribution in [3.05, 3.63) is 59.4 Å². The number of nitrogens with zero attached hydrogens (tertiary/aromatic N) is 1. The van der Waals surface area contributed by atoms with Crippen molar-refractivity contribution in [1.82, 2.24) is 4.98 Å². The maximum absolute atomic E-state index is 6.05. The van der Waals surface area contributed by atoms with E-state index in [4.69, 9.17) is 4.74 Å². The molecule has 1 aromatic carbocycles. The first-order valence-electron chi connectivity index (χ1n) is 7.85. The quantitative estimate of drug-likeness (QED) is 0.771. The van der Waals surface area contributed by atoms with E-state index >= 15 is 0 Å². The number of benzene rings is 1. The number of hydrogen-bond donors (Lipinski definition) is 0. The molecule has 0 aliphatic rings. The Labute approximate surface area is 134 Å². The summed E-state index contributed by atoms with van der Waals surface area (Å²) in [6, 6.07) is 12.4. The molecule has 1 heterocycles. The van der Waals surface area contributed by atoms with E-state index < -0.39 is 0 Å². The zero-order valence-corrected chi connectivity index (χ0v) is 14.6. The zero-order chi connectivity index (χ0) is 16.4. The minimum absolute atomic E-state index is 0.0424. The highest BCUT2D eigenvalue weighted by molar-refractivity contribution is 5.43. The average Bonchev–Trinajstić information content (AvgIpc) is 2.44. The molecule has 2 rings (SSSR count). The summed E-state index contributed by atoms with van der Waals surface area (Å²) in [5.74, 6) is 0.950. The Morgan fingerprint density at radius 1 is 0.909 bits per heavy atom. The van der Waals surface area contributed by atoms with Crippen molar-refractivity contribution in [1.29, 1.82) is 0 Å². The third-order valence-electron chi connectivity index (χ3n) is 3.76. The van der Waals surface area contributed by atoms with Crippen LogP contribution in [0.2, 0.25) is 0 Å². The fourth-order valence-electron chi connectivity index (χ4n) is 2.34. The van der Waals surface area contributed by atoms with Gasteiger partial charge in [-0.1, -0.05) is 59.7 Å². The highest BCUT2D eigenvalue weighted by Gasteiger charge is 2.23. The van der Waals surface area contributed by atoms with Gasteiger partial charge in [-0.25, -0.2) is 0 Å². The van der Waals surface area contributed by atoms with Gasteiger partial charge < -0.3 is 4.74 Å². The van der Waals surface area contributed by atoms with Crippen molar-refractivity contribution >= 4 is 0 Å². The molecule has 0 radical (unpaired) electrons. The van der Waals surface area contributed by atoms with Crippen molar-refractivity contribution in [2.45, 2.75) is 59.0 Å². The summed E-state index contributed by atoms with van der Waals surface area (Å²) >= 11 is 0. The summed E-state index contributed by atoms with van der Waals surface area (Å²) in [5.41, 5.74) is 3.71. The second kappa shape index (κ2) is 6.12. The number of aromatic nitrogens is 1. The molecule has 0 N–H and O–H groups in total. The smallest absolute Gasteiger partial charge is 0.130 e. The van der Waals surface area contributed by atoms with E-state index in [9.17, 15) is 0 Å². The highest BCUT2D eigenvalue weighted by Crippen LogP contribution is 2.35. The molecule has 2 nitrogen and oxygen atoms in total. The Morgan fingerprint density at radius 2 is 1.64 bits per heavy atom. The molecule has 0 bridgehead atoms. The van der Waals surface area contributed by atoms with E-state index in [0.29, 0.717) is 6.61 Å². The van der Waals surface area contributed by atoms with Crippen LogP contribution >= 0.6 is 0 Å². The topological polar surface area (TPSA) is 22.1 Å². The van der Waals surface area contributed by atoms with Gasteiger partial charge >= 0.3 is 0 Å². The molecule has 0 fully saturated rings. The summed E-state index contributed by atoms with van der Waals surface area (Å²) in [6.07, 6.45) is 1.80. The average molecular weight is 297 g/mol. The molecular weight excluding hydrogens is 270 g/mol. The van der Waals surface area contributed by atoms with E-state index in [0.717, 1.165) is 11.4 Å². The molecule has 0 saturated carbocycles. The first kappa shape index (κ1) is 16.5. The standard InChI is InChI=1S/C20H27NO/c1-19(2,3)15-10-11-18(17(13-15)20(4,5)6)22-14-16-9-7-8-12-21-16/h7-13H,14H2,1-6H3. The van der Waals surface area contributed by atoms with Crippen molar-refractivity contribution in [2.24, 2.45) is 0 Å². The first-order valence-corrected chi connectivity index (χ1v) is 7.85. The van der Waals surface area contributed by atoms with Crippen molar-refractivity contribution in [3.63, 3.8) is 0 Å². The maximum Gasteiger partial charge on any atom is 0.130 e. The molecule has 0 amide bonds. The Balaban J connectivity index is 2.30. The van der Waals surface area contributed by atoms with E-state index in [1.807, 2.05) is 18.2 Å². The van der Waals surface area contributed by atoms with Crippen molar-refractivity contribution in [2.75, 3.05) is 0 Å². The van der Waals surface area contributed by atoms with E-state index in [2.05, 4.69) is 64.7 Å². The van der Waals surface area contributed by atoms with Gasteiger partial charge in [0.1, 0.15) is 12.4 Å². The van der Waals surface area contributed by atoms with Crippen molar-refractivity contribution < 1.29 is 4.74 Å². The van der Waals surface area contributed by atoms with Crippen LogP contribution in [0.25, 0.3) is 0 Å². The predicted octanol–water partition coefficient (Wildman–Crippen LogP) is 5.26. The Kier molecular flexibility index (Phi) is 4.60. The lowest BCUT2D eigenvalue weighted by molar-refractivity contribution is 0.292. The summed E-state index contributed by atoms with van der Waals surface area (Å²) in [5, 5.41) is 0. The van der Waals surface area contributed by atoms with Gasteiger partial charge in [0.15, 0.2) is 0 Å². The van der Waals surface area contributed by atoms with Gasteiger partial charge in [-0.2, -0.15) is 0 Å². The monoisotopic (exact) mass is 297 g/mol. The number of rotatable bonds is 3. The molecule has 0 spiro atoms. The molecule has 0 unspecified atom stereocenters. The molecular formula is C20H27NO. The molecule has 118 valence electrons. The third-order valence-corrected chi connectivity index (χ3v) is 3.76. The van der Waals surface area contributed by atoms with Crippen LogP contribution in [0, 0.1) is 0 Å². The fraction of sp³-hybridized carbons (Fsp3) is 0.450. The molecule has 0 saturated heterocycles. The third kappa shape index (κ3) is 4.09. The van der Waals surface area contributed by atoms with Crippen LogP contribution in [0.4, 0.5) is 0 Å². The molecule has 2 heteroatoms. The van der Waals surface area contributed by atoms with E-state index in [1.54, 1.807) is 6.20 Å². The van der Waals surface area contributed by atoms with Gasteiger partial charge in [0.05, 0.1) is 5.69 Å². The Morgan fingerprint density at radius 3 is 2.18 bits per heavy atom. The lowest BCUT2D eigenvalue weighted by Gasteiger charge is -2.27. The normalized spacial score (nSPS) is 12.3. The van der Waals surface area contributed by atoms with Crippen molar-refractivity contribution in [3.8, 4) is 5.75 Å². The molecule has 2 aromatic rings. The highest BCUT2D eigenvalue weighted by atomic mass is 16.5. The minimum Gasteiger partial charge on any atom is -0.487 e. The van der Waals surface area contributed by atoms with Gasteiger partial charge in [-0.3, -0.25) is 4.98 Å². The van der Waals surface area contributed by atoms with Gasteiger partial charge in [-0.15, -0.1) is 0 Å². The lowest BCUT2D eigenvalue weighted by atomic mass is 9.80. The maximum atomic E-state index is 6.05. The number of pyridine rings is 1. The summed E-state index contributed by atoms with van der Waals surface area (Å²) in [6.45, 7) is 13.9. The molecule has 0 aliphatic carbocycles. The van der Waals surface area contributed by atoms with Crippen LogP contribution in [0.5, 0.6) is 5.75 Å². The van der Waals surface area contributed by atoms with Crippen LogP contribution in [-0.2, 0) is 17.4 Å². The van der Waals surface area contributed by atoms with E-state index in [1.165, 1.54) is 11.1 Å². The zero-order valence-electron chi connectivity index (χ0n) is 14.6. The van der Waals surface area contributed by atoms with Crippen LogP contribution in [0.1, 0.15) is 58.4 Å². The van der Waals surface area contributed by atoms with Crippen LogP contribution < -0.4 is 4.74 Å². The lowest BCUT2D eigenvalue weighted by Crippen LogP contribution is -2.17. The van der Waals surface area contributed by atoms with Gasteiger partial charge in [0.2, 0.25) is 0 Å². The van der Waals surface area contributed by atoms with Crippen LogP contribution in [0.15, 0.2) is 42.6 Å². The van der Waals surface area contributed by atoms with Gasteiger partial charge in [-0.05, 0) is 40.2 Å². The van der Waals surface area contributed by atoms with Gasteiger partial charge in [0, 0.05) is 6.20 Å². The summed E-state index contributed by atoms with van der Waals surface area (Å²) in [7, 11) is 0. The minimum atomic E-state index is 0.0424. The second-order valence-corrected chi connectivity index (χ2v) is 7.82.